The second-order valence-corrected chi connectivity index (χ2v) is 2.78. The van der Waals surface area contributed by atoms with Gasteiger partial charge in [0.15, 0.2) is 0 Å². The molecule has 0 unspecified atom stereocenters. The molecule has 1 nitrogen and oxygen atoms in total. The number of hydrogen-bond donors (Lipinski definition) is 0. The Bertz CT molecular complexity index is 319. The Morgan fingerprint density at radius 3 is 2.36 bits per heavy atom. The van der Waals surface area contributed by atoms with Crippen LogP contribution < -0.4 is 0 Å². The molecule has 0 saturated heterocycles. The minimum absolute atomic E-state index is 0.0873. The summed E-state index contributed by atoms with van der Waals surface area (Å²) in [6.45, 7) is 0.0873. The van der Waals surface area contributed by atoms with Crippen molar-refractivity contribution in [2.75, 3.05) is 7.05 Å². The van der Waals surface area contributed by atoms with E-state index in [0.29, 0.717) is 6.07 Å². The Hall–Kier alpha value is -1.10. The molecule has 0 aliphatic carbocycles. The van der Waals surface area contributed by atoms with Crippen LogP contribution in [-0.2, 0) is 12.7 Å². The highest BCUT2D eigenvalue weighted by molar-refractivity contribution is 5.27. The van der Waals surface area contributed by atoms with Crippen molar-refractivity contribution < 1.29 is 17.6 Å². The molecule has 0 bridgehead atoms. The Morgan fingerprint density at radius 1 is 1.29 bits per heavy atom. The average molecular weight is 206 g/mol. The molecule has 0 aromatic heterocycles. The van der Waals surface area contributed by atoms with Gasteiger partial charge in [0.25, 0.3) is 0 Å². The highest BCUT2D eigenvalue weighted by atomic mass is 19.4. The first-order chi connectivity index (χ1) is 6.45. The highest BCUT2D eigenvalue weighted by Gasteiger charge is 2.30. The van der Waals surface area contributed by atoms with Crippen LogP contribution in [0.1, 0.15) is 11.1 Å². The van der Waals surface area contributed by atoms with E-state index in [9.17, 15) is 17.6 Å². The van der Waals surface area contributed by atoms with Crippen molar-refractivity contribution in [2.24, 2.45) is 0 Å². The molecule has 0 spiro atoms. The number of nitrogens with zero attached hydrogens (tertiary/aromatic N) is 1. The molecule has 0 saturated carbocycles. The minimum atomic E-state index is -4.50. The molecule has 0 aliphatic rings. The van der Waals surface area contributed by atoms with E-state index in [4.69, 9.17) is 0 Å². The fourth-order valence-corrected chi connectivity index (χ4v) is 1.02. The van der Waals surface area contributed by atoms with Crippen molar-refractivity contribution in [1.82, 2.24) is 0 Å². The average Bonchev–Trinajstić information content (AvgIpc) is 2.07. The fraction of sp³-hybridized carbons (Fsp3) is 0.333. The van der Waals surface area contributed by atoms with Crippen molar-refractivity contribution >= 4 is 0 Å². The van der Waals surface area contributed by atoms with E-state index in [0.717, 1.165) is 12.1 Å². The fourth-order valence-electron chi connectivity index (χ4n) is 1.02. The number of alkyl halides is 3. The van der Waals surface area contributed by atoms with E-state index >= 15 is 0 Å². The largest absolute Gasteiger partial charge is 0.661 e. The van der Waals surface area contributed by atoms with Crippen molar-refractivity contribution in [3.63, 3.8) is 0 Å². The molecule has 0 aliphatic heterocycles. The molecule has 0 fully saturated rings. The van der Waals surface area contributed by atoms with Crippen molar-refractivity contribution in [3.8, 4) is 0 Å². The maximum absolute atomic E-state index is 13.0. The predicted octanol–water partition coefficient (Wildman–Crippen LogP) is 3.35. The number of benzene rings is 1. The van der Waals surface area contributed by atoms with E-state index < -0.39 is 17.6 Å². The SMILES string of the molecule is C[N-]Cc1ccc(C(F)(F)F)cc1F. The van der Waals surface area contributed by atoms with Crippen LogP contribution in [-0.4, -0.2) is 7.05 Å². The molecule has 0 radical (unpaired) electrons. The van der Waals surface area contributed by atoms with Crippen LogP contribution in [0.5, 0.6) is 0 Å². The van der Waals surface area contributed by atoms with Gasteiger partial charge in [-0.05, 0) is 17.7 Å². The number of hydrogen-bond acceptors (Lipinski definition) is 0. The zero-order chi connectivity index (χ0) is 10.8. The zero-order valence-electron chi connectivity index (χ0n) is 7.40. The van der Waals surface area contributed by atoms with E-state index in [1.54, 1.807) is 0 Å². The van der Waals surface area contributed by atoms with Crippen LogP contribution >= 0.6 is 0 Å². The summed E-state index contributed by atoms with van der Waals surface area (Å²) in [6, 6.07) is 2.44. The summed E-state index contributed by atoms with van der Waals surface area (Å²) < 4.78 is 49.3. The molecule has 78 valence electrons. The van der Waals surface area contributed by atoms with Gasteiger partial charge in [0.1, 0.15) is 5.82 Å². The molecule has 1 aromatic carbocycles. The normalized spacial score (nSPS) is 11.8. The van der Waals surface area contributed by atoms with Gasteiger partial charge < -0.3 is 5.32 Å². The van der Waals surface area contributed by atoms with Gasteiger partial charge in [0, 0.05) is 0 Å². The number of halogens is 4. The quantitative estimate of drug-likeness (QED) is 0.659. The summed E-state index contributed by atoms with van der Waals surface area (Å²) in [7, 11) is 1.47. The topological polar surface area (TPSA) is 14.1 Å². The van der Waals surface area contributed by atoms with Gasteiger partial charge >= 0.3 is 6.18 Å². The summed E-state index contributed by atoms with van der Waals surface area (Å²) in [5.74, 6) is -0.870. The first kappa shape index (κ1) is 11.0. The van der Waals surface area contributed by atoms with Crippen LogP contribution in [0, 0.1) is 5.82 Å². The van der Waals surface area contributed by atoms with Gasteiger partial charge in [-0.15, -0.1) is 6.54 Å². The maximum Gasteiger partial charge on any atom is 0.416 e. The van der Waals surface area contributed by atoms with Crippen LogP contribution in [0.3, 0.4) is 0 Å². The molecule has 0 atom stereocenters. The maximum atomic E-state index is 13.0. The Morgan fingerprint density at radius 2 is 1.93 bits per heavy atom. The van der Waals surface area contributed by atoms with Gasteiger partial charge in [-0.2, -0.15) is 20.2 Å². The smallest absolute Gasteiger partial charge is 0.416 e. The molecule has 1 aromatic rings. The summed E-state index contributed by atoms with van der Waals surface area (Å²) >= 11 is 0. The van der Waals surface area contributed by atoms with Gasteiger partial charge in [0.05, 0.1) is 5.56 Å². The minimum Gasteiger partial charge on any atom is -0.661 e. The molecular formula is C9H8F4N-. The molecular weight excluding hydrogens is 198 g/mol. The first-order valence-electron chi connectivity index (χ1n) is 3.86. The van der Waals surface area contributed by atoms with E-state index in [1.165, 1.54) is 7.05 Å². The summed E-state index contributed by atoms with van der Waals surface area (Å²) in [4.78, 5) is 0. The summed E-state index contributed by atoms with van der Waals surface area (Å²) in [5.41, 5.74) is -0.810. The standard InChI is InChI=1S/C9H8F4N/c1-14-5-6-2-3-7(4-8(6)10)9(11,12)13/h2-4H,5H2,1H3/q-1. The predicted molar refractivity (Wildman–Crippen MR) is 44.4 cm³/mol. The van der Waals surface area contributed by atoms with Crippen molar-refractivity contribution in [1.29, 1.82) is 0 Å². The van der Waals surface area contributed by atoms with Crippen molar-refractivity contribution in [3.05, 3.63) is 40.5 Å². The van der Waals surface area contributed by atoms with Gasteiger partial charge in [-0.25, -0.2) is 4.39 Å². The van der Waals surface area contributed by atoms with Gasteiger partial charge in [-0.1, -0.05) is 6.07 Å². The van der Waals surface area contributed by atoms with Crippen LogP contribution in [0.4, 0.5) is 17.6 Å². The van der Waals surface area contributed by atoms with E-state index in [-0.39, 0.29) is 12.1 Å². The third kappa shape index (κ3) is 2.45. The lowest BCUT2D eigenvalue weighted by Crippen LogP contribution is -2.06. The lowest BCUT2D eigenvalue weighted by Gasteiger charge is -2.13. The van der Waals surface area contributed by atoms with Gasteiger partial charge in [0.2, 0.25) is 0 Å². The third-order valence-electron chi connectivity index (χ3n) is 1.71. The lowest BCUT2D eigenvalue weighted by molar-refractivity contribution is -0.137. The Labute approximate surface area is 78.7 Å². The molecule has 14 heavy (non-hydrogen) atoms. The first-order valence-corrected chi connectivity index (χ1v) is 3.86. The Kier molecular flexibility index (Phi) is 3.10. The molecule has 1 rings (SSSR count). The van der Waals surface area contributed by atoms with E-state index in [2.05, 4.69) is 5.32 Å². The Balaban J connectivity index is 3.01. The number of rotatable bonds is 2. The van der Waals surface area contributed by atoms with Crippen LogP contribution in [0.15, 0.2) is 18.2 Å². The molecule has 0 amide bonds. The molecule has 5 heteroatoms. The van der Waals surface area contributed by atoms with Gasteiger partial charge in [-0.3, -0.25) is 0 Å². The van der Waals surface area contributed by atoms with Crippen LogP contribution in [0.25, 0.3) is 5.32 Å². The second kappa shape index (κ2) is 3.96. The zero-order valence-corrected chi connectivity index (χ0v) is 7.40. The second-order valence-electron chi connectivity index (χ2n) is 2.78. The summed E-state index contributed by atoms with van der Waals surface area (Å²) in [6.07, 6.45) is -4.50. The molecule has 0 N–H and O–H groups in total. The van der Waals surface area contributed by atoms with Crippen molar-refractivity contribution in [2.45, 2.75) is 12.7 Å². The van der Waals surface area contributed by atoms with Crippen LogP contribution in [0.2, 0.25) is 0 Å². The highest BCUT2D eigenvalue weighted by Crippen LogP contribution is 2.30. The molecule has 0 heterocycles. The lowest BCUT2D eigenvalue weighted by atomic mass is 10.1. The third-order valence-corrected chi connectivity index (χ3v) is 1.71. The monoisotopic (exact) mass is 206 g/mol. The summed E-state index contributed by atoms with van der Waals surface area (Å²) in [5, 5.41) is 3.64. The van der Waals surface area contributed by atoms with E-state index in [1.807, 2.05) is 0 Å².